The lowest BCUT2D eigenvalue weighted by molar-refractivity contribution is 0.0370. The van der Waals surface area contributed by atoms with E-state index in [1.807, 2.05) is 13.0 Å². The number of fused-ring (bicyclic) bond motifs is 1. The Kier molecular flexibility index (Phi) is 4.46. The molecule has 25 heavy (non-hydrogen) atoms. The molecule has 0 saturated heterocycles. The van der Waals surface area contributed by atoms with E-state index < -0.39 is 11.6 Å². The summed E-state index contributed by atoms with van der Waals surface area (Å²) in [6.07, 6.45) is 3.52. The second kappa shape index (κ2) is 6.57. The number of esters is 1. The molecule has 1 aromatic heterocycles. The summed E-state index contributed by atoms with van der Waals surface area (Å²) >= 11 is 0. The van der Waals surface area contributed by atoms with Crippen LogP contribution in [0, 0.1) is 0 Å². The van der Waals surface area contributed by atoms with Crippen LogP contribution in [0.4, 0.5) is 0 Å². The lowest BCUT2D eigenvalue weighted by Gasteiger charge is -2.34. The number of pyridine rings is 1. The van der Waals surface area contributed by atoms with E-state index in [-0.39, 0.29) is 5.56 Å². The fourth-order valence-electron chi connectivity index (χ4n) is 2.90. The van der Waals surface area contributed by atoms with Crippen LogP contribution in [0.25, 0.3) is 5.70 Å². The first-order valence-corrected chi connectivity index (χ1v) is 7.79. The molecule has 0 saturated carbocycles. The molecule has 130 valence electrons. The number of carbonyl (C=O) groups is 1. The minimum Gasteiger partial charge on any atom is -0.480 e. The standard InChI is InChI=1S/C19H19NO5/c1-19(12-23-2)11-15(20-9-5-4-6-17(20)21)14-10-13(18(22)24-3)7-8-16(14)25-19/h4-11H,12H2,1-3H3. The number of rotatable bonds is 4. The third-order valence-corrected chi connectivity index (χ3v) is 3.97. The van der Waals surface area contributed by atoms with Crippen LogP contribution in [0.15, 0.2) is 53.5 Å². The number of aromatic nitrogens is 1. The largest absolute Gasteiger partial charge is 0.480 e. The second-order valence-electron chi connectivity index (χ2n) is 5.99. The molecular formula is C19H19NO5. The molecule has 0 spiro atoms. The van der Waals surface area contributed by atoms with Gasteiger partial charge in [-0.15, -0.1) is 0 Å². The van der Waals surface area contributed by atoms with Gasteiger partial charge in [-0.05, 0) is 37.3 Å². The van der Waals surface area contributed by atoms with E-state index in [0.717, 1.165) is 0 Å². The number of hydrogen-bond acceptors (Lipinski definition) is 5. The summed E-state index contributed by atoms with van der Waals surface area (Å²) < 4.78 is 17.6. The molecular weight excluding hydrogens is 322 g/mol. The highest BCUT2D eigenvalue weighted by atomic mass is 16.5. The summed E-state index contributed by atoms with van der Waals surface area (Å²) in [5.74, 6) is 0.119. The van der Waals surface area contributed by atoms with Gasteiger partial charge in [0.1, 0.15) is 11.4 Å². The average Bonchev–Trinajstić information content (AvgIpc) is 2.60. The average molecular weight is 341 g/mol. The van der Waals surface area contributed by atoms with Crippen LogP contribution in [0.3, 0.4) is 0 Å². The number of nitrogens with zero attached hydrogens (tertiary/aromatic N) is 1. The maximum Gasteiger partial charge on any atom is 0.337 e. The van der Waals surface area contributed by atoms with Gasteiger partial charge < -0.3 is 14.2 Å². The fourth-order valence-corrected chi connectivity index (χ4v) is 2.90. The summed E-state index contributed by atoms with van der Waals surface area (Å²) in [6.45, 7) is 2.19. The molecule has 6 nitrogen and oxygen atoms in total. The van der Waals surface area contributed by atoms with Gasteiger partial charge in [0, 0.05) is 24.9 Å². The molecule has 6 heteroatoms. The van der Waals surface area contributed by atoms with Crippen molar-refractivity contribution in [2.75, 3.05) is 20.8 Å². The number of benzene rings is 1. The van der Waals surface area contributed by atoms with Gasteiger partial charge in [0.15, 0.2) is 0 Å². The van der Waals surface area contributed by atoms with E-state index in [9.17, 15) is 9.59 Å². The van der Waals surface area contributed by atoms with Crippen molar-refractivity contribution >= 4 is 11.7 Å². The Labute approximate surface area is 145 Å². The molecule has 0 bridgehead atoms. The first-order valence-electron chi connectivity index (χ1n) is 7.79. The molecule has 1 aliphatic heterocycles. The van der Waals surface area contributed by atoms with E-state index in [0.29, 0.717) is 29.2 Å². The van der Waals surface area contributed by atoms with Gasteiger partial charge >= 0.3 is 5.97 Å². The van der Waals surface area contributed by atoms with E-state index in [1.54, 1.807) is 43.6 Å². The molecule has 1 atom stereocenters. The van der Waals surface area contributed by atoms with Gasteiger partial charge in [0.25, 0.3) is 5.56 Å². The molecule has 1 aliphatic rings. The predicted molar refractivity (Wildman–Crippen MR) is 92.8 cm³/mol. The minimum absolute atomic E-state index is 0.176. The highest BCUT2D eigenvalue weighted by Crippen LogP contribution is 2.37. The Hall–Kier alpha value is -2.86. The summed E-state index contributed by atoms with van der Waals surface area (Å²) in [5.41, 5.74) is 0.751. The molecule has 0 amide bonds. The molecule has 0 fully saturated rings. The predicted octanol–water partition coefficient (Wildman–Crippen LogP) is 2.32. The van der Waals surface area contributed by atoms with Crippen LogP contribution in [0.5, 0.6) is 5.75 Å². The Morgan fingerprint density at radius 2 is 2.04 bits per heavy atom. The first-order chi connectivity index (χ1) is 12.0. The monoisotopic (exact) mass is 341 g/mol. The van der Waals surface area contributed by atoms with Gasteiger partial charge in [-0.1, -0.05) is 6.07 Å². The van der Waals surface area contributed by atoms with E-state index in [2.05, 4.69) is 0 Å². The van der Waals surface area contributed by atoms with E-state index in [4.69, 9.17) is 14.2 Å². The van der Waals surface area contributed by atoms with Crippen molar-refractivity contribution in [3.63, 3.8) is 0 Å². The van der Waals surface area contributed by atoms with Gasteiger partial charge in [-0.3, -0.25) is 9.36 Å². The van der Waals surface area contributed by atoms with Crippen LogP contribution in [-0.2, 0) is 9.47 Å². The minimum atomic E-state index is -0.737. The molecule has 0 radical (unpaired) electrons. The van der Waals surface area contributed by atoms with E-state index >= 15 is 0 Å². The van der Waals surface area contributed by atoms with E-state index in [1.165, 1.54) is 17.7 Å². The zero-order valence-electron chi connectivity index (χ0n) is 14.3. The molecule has 0 aliphatic carbocycles. The Bertz CT molecular complexity index is 899. The summed E-state index contributed by atoms with van der Waals surface area (Å²) in [4.78, 5) is 24.2. The van der Waals surface area contributed by atoms with Crippen LogP contribution in [0.1, 0.15) is 22.8 Å². The Morgan fingerprint density at radius 3 is 2.72 bits per heavy atom. The van der Waals surface area contributed by atoms with Crippen molar-refractivity contribution in [3.05, 3.63) is 70.2 Å². The Morgan fingerprint density at radius 1 is 1.24 bits per heavy atom. The molecule has 3 rings (SSSR count). The SMILES string of the molecule is COCC1(C)C=C(n2ccccc2=O)c2cc(C(=O)OC)ccc2O1. The highest BCUT2D eigenvalue weighted by molar-refractivity contribution is 5.91. The third-order valence-electron chi connectivity index (χ3n) is 3.97. The zero-order chi connectivity index (χ0) is 18.0. The van der Waals surface area contributed by atoms with Crippen molar-refractivity contribution < 1.29 is 19.0 Å². The van der Waals surface area contributed by atoms with Gasteiger partial charge in [-0.2, -0.15) is 0 Å². The lowest BCUT2D eigenvalue weighted by Crippen LogP contribution is -2.39. The first kappa shape index (κ1) is 17.0. The van der Waals surface area contributed by atoms with Crippen molar-refractivity contribution in [2.24, 2.45) is 0 Å². The maximum atomic E-state index is 12.3. The summed E-state index contributed by atoms with van der Waals surface area (Å²) in [7, 11) is 2.92. The number of hydrogen-bond donors (Lipinski definition) is 0. The zero-order valence-corrected chi connectivity index (χ0v) is 14.3. The molecule has 2 aromatic rings. The summed E-state index contributed by atoms with van der Waals surface area (Å²) in [5, 5.41) is 0. The Balaban J connectivity index is 2.22. The smallest absolute Gasteiger partial charge is 0.337 e. The lowest BCUT2D eigenvalue weighted by atomic mass is 9.96. The molecule has 1 unspecified atom stereocenters. The van der Waals surface area contributed by atoms with Crippen LogP contribution in [0.2, 0.25) is 0 Å². The molecule has 0 N–H and O–H groups in total. The summed E-state index contributed by atoms with van der Waals surface area (Å²) in [6, 6.07) is 9.94. The van der Waals surface area contributed by atoms with Crippen LogP contribution >= 0.6 is 0 Å². The van der Waals surface area contributed by atoms with Gasteiger partial charge in [0.2, 0.25) is 0 Å². The van der Waals surface area contributed by atoms with Gasteiger partial charge in [-0.25, -0.2) is 4.79 Å². The maximum absolute atomic E-state index is 12.3. The number of methoxy groups -OCH3 is 2. The van der Waals surface area contributed by atoms with Gasteiger partial charge in [0.05, 0.1) is 25.0 Å². The van der Waals surface area contributed by atoms with Crippen molar-refractivity contribution in [3.8, 4) is 5.75 Å². The quantitative estimate of drug-likeness (QED) is 0.799. The molecule has 1 aromatic carbocycles. The topological polar surface area (TPSA) is 66.8 Å². The number of ether oxygens (including phenoxy) is 3. The van der Waals surface area contributed by atoms with Crippen molar-refractivity contribution in [1.29, 1.82) is 0 Å². The number of carbonyl (C=O) groups excluding carboxylic acids is 1. The fraction of sp³-hybridized carbons (Fsp3) is 0.263. The molecule has 2 heterocycles. The highest BCUT2D eigenvalue weighted by Gasteiger charge is 2.32. The third kappa shape index (κ3) is 3.21. The van der Waals surface area contributed by atoms with Crippen LogP contribution < -0.4 is 10.3 Å². The van der Waals surface area contributed by atoms with Crippen molar-refractivity contribution in [2.45, 2.75) is 12.5 Å². The normalized spacial score (nSPS) is 18.8. The van der Waals surface area contributed by atoms with Crippen molar-refractivity contribution in [1.82, 2.24) is 4.57 Å². The van der Waals surface area contributed by atoms with Crippen LogP contribution in [-0.4, -0.2) is 37.0 Å². The second-order valence-corrected chi connectivity index (χ2v) is 5.99.